The van der Waals surface area contributed by atoms with E-state index in [-0.39, 0.29) is 5.56 Å². The zero-order chi connectivity index (χ0) is 23.2. The molecule has 0 bridgehead atoms. The van der Waals surface area contributed by atoms with Gasteiger partial charge in [0.05, 0.1) is 0 Å². The Bertz CT molecular complexity index is 958. The Balaban J connectivity index is 2.45. The van der Waals surface area contributed by atoms with Crippen molar-refractivity contribution < 1.29 is 44.7 Å². The number of alkyl halides is 6. The molecule has 0 radical (unpaired) electrons. The molecule has 0 N–H and O–H groups in total. The second-order valence-electron chi connectivity index (χ2n) is 6.49. The van der Waals surface area contributed by atoms with Crippen LogP contribution in [0.1, 0.15) is 5.56 Å². The summed E-state index contributed by atoms with van der Waals surface area (Å²) in [5.74, 6) is -0.582. The molecule has 1 heterocycles. The van der Waals surface area contributed by atoms with Crippen LogP contribution in [0.5, 0.6) is 5.75 Å². The van der Waals surface area contributed by atoms with Gasteiger partial charge >= 0.3 is 173 Å². The van der Waals surface area contributed by atoms with E-state index in [0.29, 0.717) is 20.0 Å². The van der Waals surface area contributed by atoms with Gasteiger partial charge in [0.15, 0.2) is 0 Å². The number of nitrogens with zero attached hydrogens (tertiary/aromatic N) is 1. The second-order valence-corrected chi connectivity index (χ2v) is 10.3. The van der Waals surface area contributed by atoms with Crippen molar-refractivity contribution in [2.45, 2.75) is 17.6 Å². The zero-order valence-corrected chi connectivity index (χ0v) is 17.4. The third-order valence-electron chi connectivity index (χ3n) is 5.07. The molecule has 0 spiro atoms. The van der Waals surface area contributed by atoms with Crippen LogP contribution in [0.25, 0.3) is 0 Å². The normalized spacial score (nSPS) is 20.8. The van der Waals surface area contributed by atoms with Crippen molar-refractivity contribution in [1.29, 1.82) is 0 Å². The Morgan fingerprint density at radius 1 is 0.806 bits per heavy atom. The molecule has 0 aromatic heterocycles. The van der Waals surface area contributed by atoms with Gasteiger partial charge in [-0.15, -0.1) is 0 Å². The molecule has 0 saturated carbocycles. The molecular formula is C19H18F6NO4P. The van der Waals surface area contributed by atoms with Crippen molar-refractivity contribution in [1.82, 2.24) is 0 Å². The maximum atomic E-state index is 14.5. The fraction of sp³-hybridized carbons (Fsp3) is 0.316. The number of halogens is 6. The fourth-order valence-corrected chi connectivity index (χ4v) is 7.75. The van der Waals surface area contributed by atoms with Crippen LogP contribution in [0.15, 0.2) is 59.6 Å². The van der Waals surface area contributed by atoms with Crippen molar-refractivity contribution in [2.24, 2.45) is 4.99 Å². The number of rotatable bonds is 5. The molecule has 0 atom stereocenters. The summed E-state index contributed by atoms with van der Waals surface area (Å²) in [5.41, 5.74) is -0.143. The van der Waals surface area contributed by atoms with Crippen LogP contribution in [0.2, 0.25) is 0 Å². The van der Waals surface area contributed by atoms with Crippen LogP contribution in [0, 0.1) is 0 Å². The summed E-state index contributed by atoms with van der Waals surface area (Å²) in [5, 5.41) is -5.38. The van der Waals surface area contributed by atoms with Crippen LogP contribution in [-0.2, 0) is 13.6 Å². The van der Waals surface area contributed by atoms with E-state index in [1.807, 2.05) is 0 Å². The molecule has 170 valence electrons. The molecule has 0 amide bonds. The molecular weight excluding hydrogens is 451 g/mol. The molecule has 1 aliphatic heterocycles. The summed E-state index contributed by atoms with van der Waals surface area (Å²) in [7, 11) is -3.60. The minimum absolute atomic E-state index is 0.143. The number of ether oxygens (including phenoxy) is 1. The maximum absolute atomic E-state index is 14.5. The van der Waals surface area contributed by atoms with Gasteiger partial charge in [0.25, 0.3) is 0 Å². The molecule has 5 nitrogen and oxygen atoms in total. The molecule has 3 rings (SSSR count). The second kappa shape index (κ2) is 7.36. The van der Waals surface area contributed by atoms with Gasteiger partial charge in [0.1, 0.15) is 0 Å². The SMILES string of the molecule is COc1ccc(C2=NC(C(F)(F)F)(C(F)(F)F)P(OC)(OC)(c3ccccc3)O2)cc1. The number of methoxy groups -OCH3 is 1. The number of benzene rings is 2. The summed E-state index contributed by atoms with van der Waals surface area (Å²) < 4.78 is 107. The number of hydrogen-bond donors (Lipinski definition) is 0. The van der Waals surface area contributed by atoms with E-state index in [4.69, 9.17) is 18.3 Å². The Hall–Kier alpha value is -2.36. The molecule has 0 unspecified atom stereocenters. The summed E-state index contributed by atoms with van der Waals surface area (Å²) >= 11 is 0. The van der Waals surface area contributed by atoms with E-state index in [1.165, 1.54) is 49.6 Å². The molecule has 0 saturated heterocycles. The van der Waals surface area contributed by atoms with Gasteiger partial charge in [0.2, 0.25) is 0 Å². The molecule has 0 aliphatic carbocycles. The van der Waals surface area contributed by atoms with Crippen molar-refractivity contribution >= 4 is 18.5 Å². The van der Waals surface area contributed by atoms with Crippen LogP contribution < -0.4 is 10.0 Å². The first-order valence-electron chi connectivity index (χ1n) is 8.69. The van der Waals surface area contributed by atoms with Crippen LogP contribution in [0.3, 0.4) is 0 Å². The van der Waals surface area contributed by atoms with E-state index in [1.54, 1.807) is 0 Å². The summed E-state index contributed by atoms with van der Waals surface area (Å²) in [6.45, 7) is 0. The first-order chi connectivity index (χ1) is 14.4. The van der Waals surface area contributed by atoms with E-state index in [9.17, 15) is 26.3 Å². The van der Waals surface area contributed by atoms with Crippen molar-refractivity contribution in [3.8, 4) is 5.75 Å². The van der Waals surface area contributed by atoms with Crippen molar-refractivity contribution in [2.75, 3.05) is 21.3 Å². The summed E-state index contributed by atoms with van der Waals surface area (Å²) in [4.78, 5) is 3.14. The molecule has 1 aliphatic rings. The van der Waals surface area contributed by atoms with Crippen LogP contribution >= 0.6 is 7.28 Å². The molecule has 12 heteroatoms. The molecule has 2 aromatic rings. The molecule has 31 heavy (non-hydrogen) atoms. The van der Waals surface area contributed by atoms with Gasteiger partial charge in [-0.1, -0.05) is 0 Å². The monoisotopic (exact) mass is 469 g/mol. The predicted octanol–water partition coefficient (Wildman–Crippen LogP) is 5.21. The standard InChI is InChI=1S/C19H18F6NO4P/c1-27-14-11-9-13(10-12-14)16-26-17(18(20,21)22,19(23,24)25)31(28-2,29-3,30-16)15-7-5-4-6-8-15/h4-12H,1-3H3. The summed E-state index contributed by atoms with van der Waals surface area (Å²) in [6.07, 6.45) is -12.0. The number of hydrogen-bond acceptors (Lipinski definition) is 5. The topological polar surface area (TPSA) is 49.3 Å². The molecule has 0 fully saturated rings. The van der Waals surface area contributed by atoms with Crippen LogP contribution in [0.4, 0.5) is 26.3 Å². The van der Waals surface area contributed by atoms with E-state index in [2.05, 4.69) is 4.99 Å². The van der Waals surface area contributed by atoms with Gasteiger partial charge in [-0.25, -0.2) is 0 Å². The van der Waals surface area contributed by atoms with Crippen molar-refractivity contribution in [3.05, 3.63) is 60.2 Å². The van der Waals surface area contributed by atoms with E-state index >= 15 is 0 Å². The van der Waals surface area contributed by atoms with Gasteiger partial charge in [-0.2, -0.15) is 0 Å². The fourth-order valence-electron chi connectivity index (χ4n) is 3.60. The Kier molecular flexibility index (Phi) is 5.53. The average molecular weight is 469 g/mol. The van der Waals surface area contributed by atoms with Gasteiger partial charge in [-0.3, -0.25) is 0 Å². The summed E-state index contributed by atoms with van der Waals surface area (Å²) in [6, 6.07) is 11.1. The first kappa shape index (κ1) is 23.3. The Morgan fingerprint density at radius 3 is 1.74 bits per heavy atom. The molecule has 2 aromatic carbocycles. The van der Waals surface area contributed by atoms with Gasteiger partial charge in [-0.05, 0) is 0 Å². The quantitative estimate of drug-likeness (QED) is 0.446. The van der Waals surface area contributed by atoms with Gasteiger partial charge < -0.3 is 0 Å². The number of aliphatic imine (C=N–C) groups is 1. The zero-order valence-electron chi connectivity index (χ0n) is 16.5. The average Bonchev–Trinajstić information content (AvgIpc) is 3.09. The Morgan fingerprint density at radius 2 is 1.32 bits per heavy atom. The van der Waals surface area contributed by atoms with Crippen LogP contribution in [-0.4, -0.2) is 44.9 Å². The van der Waals surface area contributed by atoms with Gasteiger partial charge in [0, 0.05) is 0 Å². The predicted molar refractivity (Wildman–Crippen MR) is 102 cm³/mol. The minimum atomic E-state index is -6.33. The third-order valence-corrected chi connectivity index (χ3v) is 9.81. The van der Waals surface area contributed by atoms with E-state index < -0.39 is 36.1 Å². The third kappa shape index (κ3) is 2.94. The Labute approximate surface area is 173 Å². The van der Waals surface area contributed by atoms with E-state index in [0.717, 1.165) is 12.1 Å². The first-order valence-corrected chi connectivity index (χ1v) is 10.7. The van der Waals surface area contributed by atoms with Crippen molar-refractivity contribution in [3.63, 3.8) is 0 Å².